The van der Waals surface area contributed by atoms with Crippen LogP contribution in [0, 0.1) is 0 Å². The molecule has 1 aliphatic rings. The summed E-state index contributed by atoms with van der Waals surface area (Å²) < 4.78 is 74.3. The molecule has 0 saturated carbocycles. The molecule has 5 aromatic rings. The molecule has 0 unspecified atom stereocenters. The van der Waals surface area contributed by atoms with Crippen molar-refractivity contribution >= 4 is 55.2 Å². The van der Waals surface area contributed by atoms with Gasteiger partial charge in [-0.1, -0.05) is 72.8 Å². The van der Waals surface area contributed by atoms with Crippen molar-refractivity contribution in [3.05, 3.63) is 108 Å². The van der Waals surface area contributed by atoms with Crippen molar-refractivity contribution in [1.82, 2.24) is 9.47 Å². The van der Waals surface area contributed by atoms with Gasteiger partial charge in [-0.3, -0.25) is 9.11 Å². The van der Waals surface area contributed by atoms with Crippen molar-refractivity contribution in [3.8, 4) is 0 Å². The van der Waals surface area contributed by atoms with Crippen molar-refractivity contribution < 1.29 is 139 Å². The number of nitrogens with zero attached hydrogens (tertiary/aromatic N) is 2. The fourth-order valence-corrected chi connectivity index (χ4v) is 6.60. The third-order valence-corrected chi connectivity index (χ3v) is 9.43. The van der Waals surface area contributed by atoms with Gasteiger partial charge in [-0.25, -0.2) is 0 Å². The zero-order chi connectivity index (χ0) is 33.9. The van der Waals surface area contributed by atoms with E-state index in [2.05, 4.69) is 71.1 Å². The van der Waals surface area contributed by atoms with E-state index in [-0.39, 0.29) is 99.4 Å². The van der Waals surface area contributed by atoms with Crippen LogP contribution >= 0.6 is 7.60 Å². The Hall–Kier alpha value is -0.920. The van der Waals surface area contributed by atoms with Crippen LogP contribution in [0.4, 0.5) is 4.79 Å². The first-order valence-corrected chi connectivity index (χ1v) is 17.9. The molecule has 0 amide bonds. The number of likely N-dealkylation sites (N-methyl/N-ethyl adjacent to an activating group) is 1. The van der Waals surface area contributed by atoms with Crippen LogP contribution in [0.2, 0.25) is 0 Å². The first-order valence-electron chi connectivity index (χ1n) is 13.5. The predicted octanol–water partition coefficient (Wildman–Crippen LogP) is -6.73. The maximum Gasteiger partial charge on any atom is 1.00 e. The molecular weight excluding hydrogens is 728 g/mol. The van der Waals surface area contributed by atoms with E-state index in [1.807, 2.05) is 0 Å². The summed E-state index contributed by atoms with van der Waals surface area (Å²) in [5.41, 5.74) is 3.24. The summed E-state index contributed by atoms with van der Waals surface area (Å²) in [5, 5.41) is 10.5. The smallest absolute Gasteiger partial charge is 0.807 e. The first kappa shape index (κ1) is 46.1. The summed E-state index contributed by atoms with van der Waals surface area (Å²) in [6, 6.07) is 27.1. The molecule has 19 heteroatoms. The second kappa shape index (κ2) is 19.2. The van der Waals surface area contributed by atoms with Crippen LogP contribution in [-0.4, -0.2) is 54.7 Å². The van der Waals surface area contributed by atoms with Gasteiger partial charge < -0.3 is 33.7 Å². The molecule has 0 saturated heterocycles. The quantitative estimate of drug-likeness (QED) is 0.0972. The zero-order valence-electron chi connectivity index (χ0n) is 27.2. The summed E-state index contributed by atoms with van der Waals surface area (Å²) in [6.45, 7) is 3.19. The molecule has 0 radical (unpaired) electrons. The van der Waals surface area contributed by atoms with Crippen LogP contribution in [0.25, 0.3) is 21.7 Å². The van der Waals surface area contributed by atoms with E-state index >= 15 is 0 Å². The minimum atomic E-state index is -5.43. The van der Waals surface area contributed by atoms with Gasteiger partial charge in [-0.2, -0.15) is 16.8 Å². The Kier molecular flexibility index (Phi) is 18.1. The number of benzene rings is 4. The van der Waals surface area contributed by atoms with Crippen LogP contribution in [0.5, 0.6) is 0 Å². The maximum absolute atomic E-state index is 11.2. The molecule has 2 N–H and O–H groups in total. The summed E-state index contributed by atoms with van der Waals surface area (Å²) in [5.74, 6) is 0. The Morgan fingerprint density at radius 2 is 1.20 bits per heavy atom. The van der Waals surface area contributed by atoms with Crippen LogP contribution in [0.3, 0.4) is 0 Å². The Morgan fingerprint density at radius 3 is 1.67 bits per heavy atom. The molecule has 0 aliphatic carbocycles. The molecule has 1 aliphatic heterocycles. The number of aromatic nitrogens is 1. The van der Waals surface area contributed by atoms with Gasteiger partial charge in [0, 0.05) is 53.4 Å². The number of hydrogen-bond acceptors (Lipinski definition) is 10. The van der Waals surface area contributed by atoms with Gasteiger partial charge in [0.05, 0.1) is 5.71 Å². The third-order valence-electron chi connectivity index (χ3n) is 7.16. The minimum absolute atomic E-state index is 0. The van der Waals surface area contributed by atoms with Gasteiger partial charge in [0.2, 0.25) is 0 Å². The van der Waals surface area contributed by atoms with Crippen molar-refractivity contribution in [2.75, 3.05) is 13.6 Å². The van der Waals surface area contributed by atoms with Gasteiger partial charge in [0.15, 0.2) is 0 Å². The first-order chi connectivity index (χ1) is 21.5. The average molecular weight is 757 g/mol. The van der Waals surface area contributed by atoms with Gasteiger partial charge >= 0.3 is 88.7 Å². The van der Waals surface area contributed by atoms with E-state index in [0.717, 1.165) is 38.2 Å². The van der Waals surface area contributed by atoms with E-state index < -0.39 is 43.3 Å². The monoisotopic (exact) mass is 756 g/mol. The number of hydrogen-bond donors (Lipinski definition) is 2. The molecule has 0 bridgehead atoms. The van der Waals surface area contributed by atoms with Crippen molar-refractivity contribution in [1.29, 1.82) is 0 Å². The number of carbonyl (C=O) groups is 1. The van der Waals surface area contributed by atoms with Gasteiger partial charge in [-0.05, 0) is 44.0 Å². The topological polar surface area (TPSA) is 220 Å². The molecule has 6 rings (SSSR count). The SMILES string of the molecule is CN1CCc2c(c3ccccc3n2Cc2ccccc2)C1.O=C([O-])P(=O)([O-])[O-].O=S(=O)(O)c1cccc2c(S(=O)(=O)O)cccc12.[Na+].[Na+].[Na+]. The van der Waals surface area contributed by atoms with Gasteiger partial charge in [0.1, 0.15) is 9.79 Å². The Labute approximate surface area is 350 Å². The molecule has 0 spiro atoms. The number of para-hydroxylation sites is 1. The molecule has 244 valence electrons. The van der Waals surface area contributed by atoms with Crippen LogP contribution < -0.4 is 104 Å². The molecule has 49 heavy (non-hydrogen) atoms. The Bertz CT molecular complexity index is 2110. The van der Waals surface area contributed by atoms with Crippen molar-refractivity contribution in [2.24, 2.45) is 0 Å². The second-order valence-electron chi connectivity index (χ2n) is 10.3. The molecule has 13 nitrogen and oxygen atoms in total. The van der Waals surface area contributed by atoms with E-state index in [1.165, 1.54) is 52.0 Å². The number of fused-ring (bicyclic) bond motifs is 4. The van der Waals surface area contributed by atoms with E-state index in [4.69, 9.17) is 33.4 Å². The zero-order valence-corrected chi connectivity index (χ0v) is 35.7. The third kappa shape index (κ3) is 12.1. The summed E-state index contributed by atoms with van der Waals surface area (Å²) in [7, 11) is -12.2. The predicted molar refractivity (Wildman–Crippen MR) is 164 cm³/mol. The number of carbonyl (C=O) groups excluding carboxylic acids is 1. The molecule has 4 aromatic carbocycles. The molecular formula is C30H28N2Na3O11PS2. The van der Waals surface area contributed by atoms with Gasteiger partial charge in [-0.15, -0.1) is 0 Å². The van der Waals surface area contributed by atoms with Crippen LogP contribution in [0.1, 0.15) is 16.8 Å². The van der Waals surface area contributed by atoms with Crippen LogP contribution in [-0.2, 0) is 44.3 Å². The molecule has 1 aromatic heterocycles. The molecule has 0 fully saturated rings. The summed E-state index contributed by atoms with van der Waals surface area (Å²) in [4.78, 5) is 28.9. The summed E-state index contributed by atoms with van der Waals surface area (Å²) in [6.07, 6.45) is 1.15. The van der Waals surface area contributed by atoms with Crippen molar-refractivity contribution in [3.63, 3.8) is 0 Å². The average Bonchev–Trinajstić information content (AvgIpc) is 3.28. The van der Waals surface area contributed by atoms with E-state index in [9.17, 15) is 16.8 Å². The number of rotatable bonds is 5. The Morgan fingerprint density at radius 1 is 0.755 bits per heavy atom. The molecule has 0 atom stereocenters. The standard InChI is InChI=1S/C19H20N2.C10H8O6S2.CH3O5P.3Na/c1-20-12-11-19-17(14-20)16-9-5-6-10-18(16)21(19)13-15-7-3-2-4-8-15;11-17(12,13)9-5-1-3-7-8(9)4-2-6-10(7)18(14,15)16;2-1(3)7(4,5)6;;;/h2-10H,11-14H2,1H3;1-6H,(H,11,12,13)(H,14,15,16);(H,2,3)(H2,4,5,6);;;/q;;;3*+1/p-3. The largest absolute Gasteiger partial charge is 1.00 e. The Balaban J connectivity index is 0.000000395. The van der Waals surface area contributed by atoms with E-state index in [1.54, 1.807) is 0 Å². The van der Waals surface area contributed by atoms with Gasteiger partial charge in [0.25, 0.3) is 20.2 Å². The normalized spacial score (nSPS) is 12.8. The fraction of sp³-hybridized carbons (Fsp3) is 0.167. The van der Waals surface area contributed by atoms with Crippen LogP contribution in [0.15, 0.2) is 101 Å². The summed E-state index contributed by atoms with van der Waals surface area (Å²) >= 11 is 0. The maximum atomic E-state index is 11.2. The molecule has 2 heterocycles. The minimum Gasteiger partial charge on any atom is -0.807 e. The van der Waals surface area contributed by atoms with E-state index in [0.29, 0.717) is 0 Å². The number of carboxylic acid groups (broad SMARTS) is 1. The fourth-order valence-electron chi connectivity index (χ4n) is 5.18. The van der Waals surface area contributed by atoms with Crippen molar-refractivity contribution in [2.45, 2.75) is 29.3 Å². The second-order valence-corrected chi connectivity index (χ2v) is 14.5.